The lowest BCUT2D eigenvalue weighted by molar-refractivity contribution is 0.102. The number of carbonyl (C=O) groups is 1. The first kappa shape index (κ1) is 13.1. The summed E-state index contributed by atoms with van der Waals surface area (Å²) in [4.78, 5) is 16.4. The Bertz CT molecular complexity index is 616. The molecule has 0 aliphatic rings. The van der Waals surface area contributed by atoms with Gasteiger partial charge >= 0.3 is 0 Å². The molecular weight excluding hydrogens is 240 g/mol. The molecule has 2 aromatic rings. The first-order valence-electron chi connectivity index (χ1n) is 6.02. The lowest BCUT2D eigenvalue weighted by atomic mass is 10.1. The van der Waals surface area contributed by atoms with Crippen molar-refractivity contribution < 1.29 is 9.90 Å². The zero-order valence-corrected chi connectivity index (χ0v) is 11.2. The number of amides is 1. The molecule has 2 N–H and O–H groups in total. The summed E-state index contributed by atoms with van der Waals surface area (Å²) in [5.41, 5.74) is 3.16. The van der Waals surface area contributed by atoms with Crippen molar-refractivity contribution in [3.63, 3.8) is 0 Å². The molecule has 0 aliphatic heterocycles. The van der Waals surface area contributed by atoms with Crippen LogP contribution in [0.2, 0.25) is 0 Å². The van der Waals surface area contributed by atoms with Crippen molar-refractivity contribution >= 4 is 11.7 Å². The Hall–Kier alpha value is -2.36. The van der Waals surface area contributed by atoms with Crippen molar-refractivity contribution in [1.29, 1.82) is 0 Å². The number of hydrogen-bond donors (Lipinski definition) is 2. The van der Waals surface area contributed by atoms with Crippen LogP contribution in [-0.4, -0.2) is 16.0 Å². The van der Waals surface area contributed by atoms with Gasteiger partial charge < -0.3 is 10.4 Å². The van der Waals surface area contributed by atoms with Crippen LogP contribution in [0.15, 0.2) is 30.3 Å². The molecule has 0 aliphatic carbocycles. The van der Waals surface area contributed by atoms with Crippen LogP contribution in [0.4, 0.5) is 5.82 Å². The fraction of sp³-hybridized carbons (Fsp3) is 0.200. The number of phenolic OH excluding ortho intramolecular Hbond substituents is 1. The summed E-state index contributed by atoms with van der Waals surface area (Å²) in [7, 11) is 0. The van der Waals surface area contributed by atoms with Crippen LogP contribution in [0.1, 0.15) is 27.2 Å². The van der Waals surface area contributed by atoms with E-state index in [2.05, 4.69) is 10.3 Å². The van der Waals surface area contributed by atoms with E-state index >= 15 is 0 Å². The monoisotopic (exact) mass is 256 g/mol. The second-order valence-corrected chi connectivity index (χ2v) is 4.62. The number of aromatic hydroxyl groups is 1. The van der Waals surface area contributed by atoms with Gasteiger partial charge in [-0.05, 0) is 62.2 Å². The van der Waals surface area contributed by atoms with E-state index in [-0.39, 0.29) is 11.7 Å². The standard InChI is InChI=1S/C15H16N2O2/c1-9-6-11(3)16-14(7-9)17-15(19)13-5-4-12(18)8-10(13)2/h4-8,18H,1-3H3,(H,16,17,19). The number of phenols is 1. The zero-order valence-electron chi connectivity index (χ0n) is 11.2. The fourth-order valence-corrected chi connectivity index (χ4v) is 1.99. The van der Waals surface area contributed by atoms with Gasteiger partial charge in [0.05, 0.1) is 0 Å². The molecule has 0 radical (unpaired) electrons. The SMILES string of the molecule is Cc1cc(C)nc(NC(=O)c2ccc(O)cc2C)c1. The van der Waals surface area contributed by atoms with E-state index in [0.717, 1.165) is 16.8 Å². The summed E-state index contributed by atoms with van der Waals surface area (Å²) in [5.74, 6) is 0.462. The Labute approximate surface area is 112 Å². The molecule has 19 heavy (non-hydrogen) atoms. The third-order valence-electron chi connectivity index (χ3n) is 2.79. The molecule has 2 rings (SSSR count). The summed E-state index contributed by atoms with van der Waals surface area (Å²) in [5, 5.41) is 12.1. The van der Waals surface area contributed by atoms with Crippen LogP contribution in [0, 0.1) is 20.8 Å². The van der Waals surface area contributed by atoms with Crippen LogP contribution >= 0.6 is 0 Å². The van der Waals surface area contributed by atoms with Gasteiger partial charge in [0, 0.05) is 11.3 Å². The quantitative estimate of drug-likeness (QED) is 0.868. The highest BCUT2D eigenvalue weighted by atomic mass is 16.3. The maximum absolute atomic E-state index is 12.1. The number of aryl methyl sites for hydroxylation is 3. The second-order valence-electron chi connectivity index (χ2n) is 4.62. The van der Waals surface area contributed by atoms with Crippen molar-refractivity contribution in [2.45, 2.75) is 20.8 Å². The van der Waals surface area contributed by atoms with Crippen molar-refractivity contribution in [3.05, 3.63) is 52.7 Å². The van der Waals surface area contributed by atoms with Gasteiger partial charge in [0.1, 0.15) is 11.6 Å². The van der Waals surface area contributed by atoms with Gasteiger partial charge in [-0.2, -0.15) is 0 Å². The van der Waals surface area contributed by atoms with Crippen LogP contribution in [0.3, 0.4) is 0 Å². The number of carbonyl (C=O) groups excluding carboxylic acids is 1. The van der Waals surface area contributed by atoms with Crippen LogP contribution in [0.25, 0.3) is 0 Å². The lowest BCUT2D eigenvalue weighted by Gasteiger charge is -2.08. The average molecular weight is 256 g/mol. The van der Waals surface area contributed by atoms with Crippen LogP contribution < -0.4 is 5.32 Å². The molecule has 98 valence electrons. The molecule has 0 atom stereocenters. The Morgan fingerprint density at radius 1 is 1.16 bits per heavy atom. The van der Waals surface area contributed by atoms with Crippen molar-refractivity contribution in [1.82, 2.24) is 4.98 Å². The maximum Gasteiger partial charge on any atom is 0.257 e. The molecule has 1 aromatic heterocycles. The van der Waals surface area contributed by atoms with Crippen molar-refractivity contribution in [2.75, 3.05) is 5.32 Å². The smallest absolute Gasteiger partial charge is 0.257 e. The fourth-order valence-electron chi connectivity index (χ4n) is 1.99. The van der Waals surface area contributed by atoms with E-state index in [4.69, 9.17) is 0 Å². The predicted octanol–water partition coefficient (Wildman–Crippen LogP) is 2.96. The van der Waals surface area contributed by atoms with E-state index in [0.29, 0.717) is 11.4 Å². The van der Waals surface area contributed by atoms with Gasteiger partial charge in [0.25, 0.3) is 5.91 Å². The highest BCUT2D eigenvalue weighted by Crippen LogP contribution is 2.17. The Morgan fingerprint density at radius 2 is 1.89 bits per heavy atom. The molecular formula is C15H16N2O2. The van der Waals surface area contributed by atoms with Gasteiger partial charge in [-0.1, -0.05) is 0 Å². The number of nitrogens with zero attached hydrogens (tertiary/aromatic N) is 1. The number of aromatic nitrogens is 1. The van der Waals surface area contributed by atoms with E-state index < -0.39 is 0 Å². The molecule has 1 aromatic carbocycles. The van der Waals surface area contributed by atoms with Gasteiger partial charge in [0.2, 0.25) is 0 Å². The van der Waals surface area contributed by atoms with Crippen molar-refractivity contribution in [3.8, 4) is 5.75 Å². The van der Waals surface area contributed by atoms with Crippen molar-refractivity contribution in [2.24, 2.45) is 0 Å². The predicted molar refractivity (Wildman–Crippen MR) is 74.5 cm³/mol. The largest absolute Gasteiger partial charge is 0.508 e. The molecule has 1 heterocycles. The Kier molecular flexibility index (Phi) is 3.51. The van der Waals surface area contributed by atoms with E-state index in [1.165, 1.54) is 6.07 Å². The average Bonchev–Trinajstić information content (AvgIpc) is 2.26. The second kappa shape index (κ2) is 5.10. The summed E-state index contributed by atoms with van der Waals surface area (Å²) in [6.45, 7) is 5.62. The molecule has 0 bridgehead atoms. The third-order valence-corrected chi connectivity index (χ3v) is 2.79. The molecule has 1 amide bonds. The first-order chi connectivity index (χ1) is 8.95. The molecule has 4 nitrogen and oxygen atoms in total. The normalized spacial score (nSPS) is 10.3. The van der Waals surface area contributed by atoms with Gasteiger partial charge in [-0.15, -0.1) is 0 Å². The summed E-state index contributed by atoms with van der Waals surface area (Å²) in [6.07, 6.45) is 0. The van der Waals surface area contributed by atoms with Gasteiger partial charge in [-0.3, -0.25) is 4.79 Å². The minimum Gasteiger partial charge on any atom is -0.508 e. The van der Waals surface area contributed by atoms with Gasteiger partial charge in [0.15, 0.2) is 0 Å². The third kappa shape index (κ3) is 3.10. The van der Waals surface area contributed by atoms with E-state index in [1.54, 1.807) is 19.1 Å². The number of rotatable bonds is 2. The topological polar surface area (TPSA) is 62.2 Å². The van der Waals surface area contributed by atoms with E-state index in [1.807, 2.05) is 26.0 Å². The Balaban J connectivity index is 2.25. The highest BCUT2D eigenvalue weighted by molar-refractivity contribution is 6.04. The number of anilines is 1. The lowest BCUT2D eigenvalue weighted by Crippen LogP contribution is -2.14. The number of pyridine rings is 1. The molecule has 0 saturated heterocycles. The molecule has 0 fully saturated rings. The van der Waals surface area contributed by atoms with Crippen LogP contribution in [-0.2, 0) is 0 Å². The first-order valence-corrected chi connectivity index (χ1v) is 6.02. The highest BCUT2D eigenvalue weighted by Gasteiger charge is 2.10. The zero-order chi connectivity index (χ0) is 14.0. The van der Waals surface area contributed by atoms with Gasteiger partial charge in [-0.25, -0.2) is 4.98 Å². The molecule has 4 heteroatoms. The van der Waals surface area contributed by atoms with Crippen LogP contribution in [0.5, 0.6) is 5.75 Å². The molecule has 0 unspecified atom stereocenters. The van der Waals surface area contributed by atoms with E-state index in [9.17, 15) is 9.90 Å². The summed E-state index contributed by atoms with van der Waals surface area (Å²) >= 11 is 0. The minimum absolute atomic E-state index is 0.151. The number of benzene rings is 1. The maximum atomic E-state index is 12.1. The summed E-state index contributed by atoms with van der Waals surface area (Å²) in [6, 6.07) is 8.42. The number of nitrogens with one attached hydrogen (secondary N) is 1. The number of hydrogen-bond acceptors (Lipinski definition) is 3. The molecule has 0 saturated carbocycles. The summed E-state index contributed by atoms with van der Waals surface area (Å²) < 4.78 is 0. The molecule has 0 spiro atoms. The minimum atomic E-state index is -0.227. The Morgan fingerprint density at radius 3 is 2.53 bits per heavy atom.